The van der Waals surface area contributed by atoms with E-state index in [-0.39, 0.29) is 37.9 Å². The molecule has 110 valence electrons. The van der Waals surface area contributed by atoms with Crippen LogP contribution in [0.25, 0.3) is 0 Å². The molecule has 2 rings (SSSR count). The van der Waals surface area contributed by atoms with Crippen molar-refractivity contribution in [2.45, 2.75) is 25.8 Å². The molecule has 20 heavy (non-hydrogen) atoms. The van der Waals surface area contributed by atoms with E-state index >= 15 is 0 Å². The monoisotopic (exact) mass is 283 g/mol. The van der Waals surface area contributed by atoms with E-state index in [0.717, 1.165) is 4.90 Å². The lowest BCUT2D eigenvalue weighted by Gasteiger charge is -2.36. The summed E-state index contributed by atoms with van der Waals surface area (Å²) in [6.07, 6.45) is 0.0155. The highest BCUT2D eigenvalue weighted by Crippen LogP contribution is 2.19. The van der Waals surface area contributed by atoms with Crippen molar-refractivity contribution in [3.8, 4) is 0 Å². The lowest BCUT2D eigenvalue weighted by molar-refractivity contribution is -0.152. The first-order chi connectivity index (χ1) is 9.22. The summed E-state index contributed by atoms with van der Waals surface area (Å²) in [5.41, 5.74) is -0.939. The Bertz CT molecular complexity index is 481. The zero-order valence-electron chi connectivity index (χ0n) is 11.4. The minimum absolute atomic E-state index is 0.0150. The van der Waals surface area contributed by atoms with Crippen LogP contribution in [0.5, 0.6) is 0 Å². The van der Waals surface area contributed by atoms with Crippen LogP contribution in [0.4, 0.5) is 4.79 Å². The van der Waals surface area contributed by atoms with E-state index in [1.807, 2.05) is 0 Å². The maximum Gasteiger partial charge on any atom is 0.325 e. The molecule has 0 spiro atoms. The molecule has 0 atom stereocenters. The summed E-state index contributed by atoms with van der Waals surface area (Å²) in [6.45, 7) is 3.60. The van der Waals surface area contributed by atoms with Gasteiger partial charge < -0.3 is 15.3 Å². The topological polar surface area (TPSA) is 107 Å². The Kier molecular flexibility index (Phi) is 3.41. The van der Waals surface area contributed by atoms with Gasteiger partial charge in [0, 0.05) is 26.1 Å². The second kappa shape index (κ2) is 4.77. The highest BCUT2D eigenvalue weighted by Gasteiger charge is 2.44. The van der Waals surface area contributed by atoms with Crippen molar-refractivity contribution in [3.63, 3.8) is 0 Å². The summed E-state index contributed by atoms with van der Waals surface area (Å²) in [5, 5.41) is 11.2. The summed E-state index contributed by atoms with van der Waals surface area (Å²) in [6, 6.07) is -0.500. The molecular formula is C12H17N3O5. The number of nitrogens with zero attached hydrogens (tertiary/aromatic N) is 2. The average molecular weight is 283 g/mol. The van der Waals surface area contributed by atoms with Crippen molar-refractivity contribution in [3.05, 3.63) is 0 Å². The molecule has 2 saturated heterocycles. The van der Waals surface area contributed by atoms with Crippen molar-refractivity contribution in [2.24, 2.45) is 5.92 Å². The lowest BCUT2D eigenvalue weighted by atomic mass is 10.00. The molecule has 2 fully saturated rings. The number of urea groups is 1. The SMILES string of the molecule is CC1(C)NC(=O)N(CCC(=O)N2CC(C(=O)O)C2)C1=O. The highest BCUT2D eigenvalue weighted by atomic mass is 16.4. The van der Waals surface area contributed by atoms with Crippen LogP contribution in [0.2, 0.25) is 0 Å². The van der Waals surface area contributed by atoms with Crippen LogP contribution in [0.15, 0.2) is 0 Å². The average Bonchev–Trinajstić information content (AvgIpc) is 2.43. The van der Waals surface area contributed by atoms with Crippen LogP contribution in [0.1, 0.15) is 20.3 Å². The molecule has 2 heterocycles. The van der Waals surface area contributed by atoms with E-state index in [1.54, 1.807) is 13.8 Å². The van der Waals surface area contributed by atoms with Gasteiger partial charge in [-0.15, -0.1) is 0 Å². The fraction of sp³-hybridized carbons (Fsp3) is 0.667. The smallest absolute Gasteiger partial charge is 0.325 e. The van der Waals surface area contributed by atoms with Gasteiger partial charge in [0.15, 0.2) is 0 Å². The molecule has 4 amide bonds. The number of hydrogen-bond donors (Lipinski definition) is 2. The van der Waals surface area contributed by atoms with Crippen LogP contribution in [0.3, 0.4) is 0 Å². The van der Waals surface area contributed by atoms with Gasteiger partial charge in [0.25, 0.3) is 5.91 Å². The third kappa shape index (κ3) is 2.45. The largest absolute Gasteiger partial charge is 0.481 e. The number of rotatable bonds is 4. The summed E-state index contributed by atoms with van der Waals surface area (Å²) in [7, 11) is 0. The van der Waals surface area contributed by atoms with Crippen LogP contribution in [-0.4, -0.2) is 63.9 Å². The second-order valence-electron chi connectivity index (χ2n) is 5.60. The first-order valence-corrected chi connectivity index (χ1v) is 6.37. The number of nitrogens with one attached hydrogen (secondary N) is 1. The van der Waals surface area contributed by atoms with Gasteiger partial charge in [-0.05, 0) is 13.8 Å². The Labute approximate surface area is 115 Å². The van der Waals surface area contributed by atoms with E-state index < -0.39 is 23.5 Å². The summed E-state index contributed by atoms with van der Waals surface area (Å²) in [5.74, 6) is -2.02. The Hall–Kier alpha value is -2.12. The van der Waals surface area contributed by atoms with Gasteiger partial charge >= 0.3 is 12.0 Å². The van der Waals surface area contributed by atoms with E-state index in [0.29, 0.717) is 0 Å². The molecule has 0 saturated carbocycles. The Morgan fingerprint density at radius 1 is 1.35 bits per heavy atom. The Morgan fingerprint density at radius 3 is 2.40 bits per heavy atom. The number of carbonyl (C=O) groups is 4. The molecule has 8 heteroatoms. The Morgan fingerprint density at radius 2 is 1.95 bits per heavy atom. The van der Waals surface area contributed by atoms with E-state index in [4.69, 9.17) is 5.11 Å². The number of likely N-dealkylation sites (tertiary alicyclic amines) is 1. The maximum absolute atomic E-state index is 11.9. The minimum atomic E-state index is -0.939. The molecule has 8 nitrogen and oxygen atoms in total. The molecular weight excluding hydrogens is 266 g/mol. The van der Waals surface area contributed by atoms with Crippen LogP contribution < -0.4 is 5.32 Å². The van der Waals surface area contributed by atoms with Gasteiger partial charge in [0.05, 0.1) is 5.92 Å². The fourth-order valence-electron chi connectivity index (χ4n) is 2.22. The first kappa shape index (κ1) is 14.3. The van der Waals surface area contributed by atoms with Gasteiger partial charge in [-0.1, -0.05) is 0 Å². The predicted molar refractivity (Wildman–Crippen MR) is 66.6 cm³/mol. The Balaban J connectivity index is 1.82. The number of carbonyl (C=O) groups excluding carboxylic acids is 3. The van der Waals surface area contributed by atoms with E-state index in [2.05, 4.69) is 5.32 Å². The van der Waals surface area contributed by atoms with Crippen LogP contribution >= 0.6 is 0 Å². The third-order valence-electron chi connectivity index (χ3n) is 3.58. The summed E-state index contributed by atoms with van der Waals surface area (Å²) in [4.78, 5) is 48.3. The van der Waals surface area contributed by atoms with E-state index in [1.165, 1.54) is 4.90 Å². The fourth-order valence-corrected chi connectivity index (χ4v) is 2.22. The normalized spacial score (nSPS) is 21.7. The number of carboxylic acid groups (broad SMARTS) is 1. The number of aliphatic carboxylic acids is 1. The quantitative estimate of drug-likeness (QED) is 0.660. The highest BCUT2D eigenvalue weighted by molar-refractivity contribution is 6.06. The van der Waals surface area contributed by atoms with Crippen molar-refractivity contribution in [1.29, 1.82) is 0 Å². The molecule has 0 aliphatic carbocycles. The van der Waals surface area contributed by atoms with Crippen molar-refractivity contribution < 1.29 is 24.3 Å². The molecule has 2 N–H and O–H groups in total. The molecule has 0 unspecified atom stereocenters. The zero-order chi connectivity index (χ0) is 15.1. The zero-order valence-corrected chi connectivity index (χ0v) is 11.4. The van der Waals surface area contributed by atoms with E-state index in [9.17, 15) is 19.2 Å². The summed E-state index contributed by atoms with van der Waals surface area (Å²) < 4.78 is 0. The predicted octanol–water partition coefficient (Wildman–Crippen LogP) is -0.750. The molecule has 0 aromatic heterocycles. The van der Waals surface area contributed by atoms with Gasteiger partial charge in [-0.3, -0.25) is 19.3 Å². The maximum atomic E-state index is 11.9. The molecule has 0 radical (unpaired) electrons. The van der Waals surface area contributed by atoms with Crippen molar-refractivity contribution >= 4 is 23.8 Å². The van der Waals surface area contributed by atoms with Gasteiger partial charge in [0.1, 0.15) is 5.54 Å². The molecule has 2 aliphatic heterocycles. The number of carboxylic acids is 1. The molecule has 0 aromatic carbocycles. The molecule has 0 aromatic rings. The third-order valence-corrected chi connectivity index (χ3v) is 3.58. The van der Waals surface area contributed by atoms with Crippen LogP contribution in [0, 0.1) is 5.92 Å². The molecule has 0 bridgehead atoms. The van der Waals surface area contributed by atoms with Crippen molar-refractivity contribution in [2.75, 3.05) is 19.6 Å². The number of hydrogen-bond acceptors (Lipinski definition) is 4. The van der Waals surface area contributed by atoms with Crippen LogP contribution in [-0.2, 0) is 14.4 Å². The molecule has 2 aliphatic rings. The van der Waals surface area contributed by atoms with Gasteiger partial charge in [0.2, 0.25) is 5.91 Å². The number of imide groups is 1. The summed E-state index contributed by atoms with van der Waals surface area (Å²) >= 11 is 0. The second-order valence-corrected chi connectivity index (χ2v) is 5.60. The van der Waals surface area contributed by atoms with Crippen molar-refractivity contribution in [1.82, 2.24) is 15.1 Å². The van der Waals surface area contributed by atoms with Gasteiger partial charge in [-0.25, -0.2) is 4.79 Å². The van der Waals surface area contributed by atoms with Gasteiger partial charge in [-0.2, -0.15) is 0 Å². The number of amides is 4. The lowest BCUT2D eigenvalue weighted by Crippen LogP contribution is -2.53. The standard InChI is InChI=1S/C12H17N3O5/c1-12(2)10(19)15(11(20)13-12)4-3-8(16)14-5-7(6-14)9(17)18/h7H,3-6H2,1-2H3,(H,13,20)(H,17,18). The minimum Gasteiger partial charge on any atom is -0.481 e. The first-order valence-electron chi connectivity index (χ1n) is 6.37.